The van der Waals surface area contributed by atoms with E-state index in [1.54, 1.807) is 12.1 Å². The summed E-state index contributed by atoms with van der Waals surface area (Å²) in [7, 11) is 0. The van der Waals surface area contributed by atoms with E-state index in [2.05, 4.69) is 34.3 Å². The monoisotopic (exact) mass is 454 g/mol. The molecule has 1 fully saturated rings. The molecule has 1 aromatic heterocycles. The van der Waals surface area contributed by atoms with Gasteiger partial charge in [0, 0.05) is 17.6 Å². The second-order valence-corrected chi connectivity index (χ2v) is 8.53. The number of likely N-dealkylation sites (tertiary alicyclic amines) is 1. The van der Waals surface area contributed by atoms with Crippen LogP contribution in [0.1, 0.15) is 30.0 Å². The standard InChI is InChI=1S/C24H20Cl2N2O3/c25-17-7-5-16(6-8-17)20-2-1-13-28(20)14-15-3-9-18(10-4-15)30-21-12-11-19-23(22(21)26)31-27-24(19)29/h3-12,20H,1-2,13-14H2,(H,27,29). The molecule has 7 heteroatoms. The highest BCUT2D eigenvalue weighted by atomic mass is 35.5. The summed E-state index contributed by atoms with van der Waals surface area (Å²) in [4.78, 5) is 14.1. The average Bonchev–Trinajstić information content (AvgIpc) is 3.39. The molecule has 1 aliphatic rings. The second kappa shape index (κ2) is 8.42. The molecule has 3 aromatic carbocycles. The van der Waals surface area contributed by atoms with Crippen molar-refractivity contribution in [1.29, 1.82) is 0 Å². The highest BCUT2D eigenvalue weighted by Gasteiger charge is 2.25. The first-order valence-corrected chi connectivity index (χ1v) is 10.9. The summed E-state index contributed by atoms with van der Waals surface area (Å²) in [5.74, 6) is 1.10. The van der Waals surface area contributed by atoms with Crippen molar-refractivity contribution in [3.05, 3.63) is 92.2 Å². The molecule has 2 heterocycles. The van der Waals surface area contributed by atoms with Gasteiger partial charge in [-0.3, -0.25) is 9.69 Å². The van der Waals surface area contributed by atoms with Crippen LogP contribution in [0.3, 0.4) is 0 Å². The number of H-pyrrole nitrogens is 1. The van der Waals surface area contributed by atoms with Crippen molar-refractivity contribution in [2.45, 2.75) is 25.4 Å². The van der Waals surface area contributed by atoms with Crippen molar-refractivity contribution in [3.63, 3.8) is 0 Å². The Kier molecular flexibility index (Phi) is 5.48. The lowest BCUT2D eigenvalue weighted by Gasteiger charge is -2.25. The van der Waals surface area contributed by atoms with Crippen LogP contribution in [-0.4, -0.2) is 16.6 Å². The minimum Gasteiger partial charge on any atom is -0.456 e. The predicted molar refractivity (Wildman–Crippen MR) is 122 cm³/mol. The zero-order chi connectivity index (χ0) is 21.4. The topological polar surface area (TPSA) is 58.5 Å². The van der Waals surface area contributed by atoms with Crippen LogP contribution in [0.5, 0.6) is 11.5 Å². The van der Waals surface area contributed by atoms with Crippen molar-refractivity contribution >= 4 is 34.2 Å². The summed E-state index contributed by atoms with van der Waals surface area (Å²) in [6.45, 7) is 1.94. The van der Waals surface area contributed by atoms with Gasteiger partial charge in [-0.2, -0.15) is 5.16 Å². The van der Waals surface area contributed by atoms with Gasteiger partial charge in [0.2, 0.25) is 0 Å². The lowest BCUT2D eigenvalue weighted by Crippen LogP contribution is -2.22. The Morgan fingerprint density at radius 2 is 1.81 bits per heavy atom. The van der Waals surface area contributed by atoms with Gasteiger partial charge in [-0.25, -0.2) is 0 Å². The Morgan fingerprint density at radius 1 is 1.03 bits per heavy atom. The number of ether oxygens (including phenoxy) is 1. The average molecular weight is 455 g/mol. The maximum Gasteiger partial charge on any atom is 0.287 e. The molecule has 1 atom stereocenters. The Balaban J connectivity index is 1.29. The van der Waals surface area contributed by atoms with Gasteiger partial charge in [0.15, 0.2) is 5.58 Å². The SMILES string of the molecule is O=c1[nH]oc2c(Cl)c(Oc3ccc(CN4CCCC4c4ccc(Cl)cc4)cc3)ccc12. The first-order valence-electron chi connectivity index (χ1n) is 10.1. The number of hydrogen-bond donors (Lipinski definition) is 1. The van der Waals surface area contributed by atoms with Gasteiger partial charge in [0.25, 0.3) is 5.56 Å². The third-order valence-electron chi connectivity index (χ3n) is 5.71. The normalized spacial score (nSPS) is 16.8. The molecule has 1 saturated heterocycles. The minimum absolute atomic E-state index is 0.266. The van der Waals surface area contributed by atoms with Gasteiger partial charge in [-0.1, -0.05) is 47.5 Å². The van der Waals surface area contributed by atoms with E-state index < -0.39 is 0 Å². The Hall–Kier alpha value is -2.73. The van der Waals surface area contributed by atoms with Gasteiger partial charge in [0.05, 0.1) is 5.39 Å². The van der Waals surface area contributed by atoms with E-state index in [0.717, 1.165) is 24.5 Å². The van der Waals surface area contributed by atoms with Crippen molar-refractivity contribution in [2.75, 3.05) is 6.54 Å². The molecule has 4 aromatic rings. The van der Waals surface area contributed by atoms with Gasteiger partial charge in [-0.05, 0) is 66.9 Å². The molecule has 0 spiro atoms. The van der Waals surface area contributed by atoms with Crippen molar-refractivity contribution in [3.8, 4) is 11.5 Å². The predicted octanol–water partition coefficient (Wildman–Crippen LogP) is 6.56. The first-order chi connectivity index (χ1) is 15.1. The number of aromatic nitrogens is 1. The highest BCUT2D eigenvalue weighted by Crippen LogP contribution is 2.36. The third-order valence-corrected chi connectivity index (χ3v) is 6.32. The molecule has 158 valence electrons. The molecule has 1 N–H and O–H groups in total. The van der Waals surface area contributed by atoms with Gasteiger partial charge >= 0.3 is 0 Å². The van der Waals surface area contributed by atoms with E-state index in [4.69, 9.17) is 32.5 Å². The number of rotatable bonds is 5. The number of halogens is 2. The lowest BCUT2D eigenvalue weighted by molar-refractivity contribution is 0.248. The Morgan fingerprint density at radius 3 is 2.58 bits per heavy atom. The summed E-state index contributed by atoms with van der Waals surface area (Å²) in [5, 5.41) is 3.72. The molecule has 5 nitrogen and oxygen atoms in total. The number of aromatic amines is 1. The van der Waals surface area contributed by atoms with Crippen LogP contribution < -0.4 is 10.3 Å². The molecule has 5 rings (SSSR count). The van der Waals surface area contributed by atoms with Crippen LogP contribution in [0.15, 0.2) is 70.0 Å². The molecule has 0 amide bonds. The smallest absolute Gasteiger partial charge is 0.287 e. The number of nitrogens with zero attached hydrogens (tertiary/aromatic N) is 1. The highest BCUT2D eigenvalue weighted by molar-refractivity contribution is 6.36. The van der Waals surface area contributed by atoms with Gasteiger partial charge < -0.3 is 9.26 Å². The largest absolute Gasteiger partial charge is 0.456 e. The summed E-state index contributed by atoms with van der Waals surface area (Å²) in [5.41, 5.74) is 2.50. The van der Waals surface area contributed by atoms with Crippen LogP contribution in [0.25, 0.3) is 11.0 Å². The molecule has 1 unspecified atom stereocenters. The fourth-order valence-corrected chi connectivity index (χ4v) is 4.52. The maximum absolute atomic E-state index is 11.7. The summed E-state index contributed by atoms with van der Waals surface area (Å²) in [6, 6.07) is 19.9. The molecule has 0 radical (unpaired) electrons. The van der Waals surface area contributed by atoms with E-state index in [1.807, 2.05) is 24.3 Å². The second-order valence-electron chi connectivity index (χ2n) is 7.71. The quantitative estimate of drug-likeness (QED) is 0.371. The summed E-state index contributed by atoms with van der Waals surface area (Å²) >= 11 is 12.4. The Labute approximate surface area is 189 Å². The summed E-state index contributed by atoms with van der Waals surface area (Å²) < 4.78 is 11.1. The van der Waals surface area contributed by atoms with Crippen LogP contribution in [0, 0.1) is 0 Å². The van der Waals surface area contributed by atoms with E-state index in [-0.39, 0.29) is 10.6 Å². The molecular weight excluding hydrogens is 435 g/mol. The molecule has 0 saturated carbocycles. The van der Waals surface area contributed by atoms with Crippen molar-refractivity contribution in [2.24, 2.45) is 0 Å². The Bertz CT molecular complexity index is 1260. The van der Waals surface area contributed by atoms with E-state index in [1.165, 1.54) is 17.5 Å². The first kappa shape index (κ1) is 20.2. The van der Waals surface area contributed by atoms with Gasteiger partial charge in [-0.15, -0.1) is 0 Å². The molecule has 31 heavy (non-hydrogen) atoms. The van der Waals surface area contributed by atoms with E-state index in [9.17, 15) is 4.79 Å². The van der Waals surface area contributed by atoms with E-state index >= 15 is 0 Å². The minimum atomic E-state index is -0.313. The van der Waals surface area contributed by atoms with E-state index in [0.29, 0.717) is 28.5 Å². The number of nitrogens with one attached hydrogen (secondary N) is 1. The zero-order valence-electron chi connectivity index (χ0n) is 16.6. The van der Waals surface area contributed by atoms with Crippen LogP contribution in [-0.2, 0) is 6.54 Å². The molecule has 0 aliphatic carbocycles. The van der Waals surface area contributed by atoms with Gasteiger partial charge in [0.1, 0.15) is 16.5 Å². The number of hydrogen-bond acceptors (Lipinski definition) is 4. The van der Waals surface area contributed by atoms with Crippen molar-refractivity contribution < 1.29 is 9.26 Å². The maximum atomic E-state index is 11.7. The molecular formula is C24H20Cl2N2O3. The third kappa shape index (κ3) is 4.09. The fraction of sp³-hybridized carbons (Fsp3) is 0.208. The van der Waals surface area contributed by atoms with Crippen LogP contribution in [0.2, 0.25) is 10.0 Å². The molecule has 1 aliphatic heterocycles. The van der Waals surface area contributed by atoms with Crippen molar-refractivity contribution in [1.82, 2.24) is 10.1 Å². The molecule has 0 bridgehead atoms. The zero-order valence-corrected chi connectivity index (χ0v) is 18.1. The lowest BCUT2D eigenvalue weighted by atomic mass is 10.0. The fourth-order valence-electron chi connectivity index (χ4n) is 4.15. The number of benzene rings is 3. The summed E-state index contributed by atoms with van der Waals surface area (Å²) in [6.07, 6.45) is 2.34. The van der Waals surface area contributed by atoms with Crippen LogP contribution >= 0.6 is 23.2 Å². The number of fused-ring (bicyclic) bond motifs is 1. The van der Waals surface area contributed by atoms with Crippen LogP contribution in [0.4, 0.5) is 0 Å².